The lowest BCUT2D eigenvalue weighted by molar-refractivity contribution is -0.122. The third-order valence-electron chi connectivity index (χ3n) is 4.56. The van der Waals surface area contributed by atoms with Crippen molar-refractivity contribution in [2.75, 3.05) is 24.5 Å². The zero-order chi connectivity index (χ0) is 21.2. The van der Waals surface area contributed by atoms with Gasteiger partial charge in [0, 0.05) is 6.54 Å². The second kappa shape index (κ2) is 8.20. The fourth-order valence-electron chi connectivity index (χ4n) is 3.14. The van der Waals surface area contributed by atoms with Crippen LogP contribution in [0.15, 0.2) is 36.4 Å². The van der Waals surface area contributed by atoms with E-state index in [1.807, 2.05) is 19.1 Å². The highest BCUT2D eigenvalue weighted by Crippen LogP contribution is 2.33. The average molecular weight is 420 g/mol. The standard InChI is InChI=1S/C20H24N2O6S/c1-13-5-7-17(26-3)16(9-13)22(29(4,24)25)14(2)20(23)21-11-15-6-8-18-19(10-15)28-12-27-18/h5-10,14H,11-12H2,1-4H3,(H,21,23). The molecule has 0 saturated heterocycles. The van der Waals surface area contributed by atoms with Gasteiger partial charge in [0.15, 0.2) is 11.5 Å². The molecule has 0 aliphatic carbocycles. The van der Waals surface area contributed by atoms with Crippen molar-refractivity contribution in [3.8, 4) is 17.2 Å². The zero-order valence-corrected chi connectivity index (χ0v) is 17.6. The third-order valence-corrected chi connectivity index (χ3v) is 5.79. The fourth-order valence-corrected chi connectivity index (χ4v) is 4.31. The van der Waals surface area contributed by atoms with Crippen LogP contribution in [0.1, 0.15) is 18.1 Å². The van der Waals surface area contributed by atoms with E-state index in [9.17, 15) is 13.2 Å². The van der Waals surface area contributed by atoms with Gasteiger partial charge in [-0.25, -0.2) is 8.42 Å². The van der Waals surface area contributed by atoms with E-state index in [0.29, 0.717) is 22.9 Å². The second-order valence-corrected chi connectivity index (χ2v) is 8.67. The first-order valence-electron chi connectivity index (χ1n) is 9.01. The minimum absolute atomic E-state index is 0.170. The highest BCUT2D eigenvalue weighted by molar-refractivity contribution is 7.92. The van der Waals surface area contributed by atoms with Crippen molar-refractivity contribution in [2.45, 2.75) is 26.4 Å². The monoisotopic (exact) mass is 420 g/mol. The zero-order valence-electron chi connectivity index (χ0n) is 16.8. The number of carbonyl (C=O) groups is 1. The molecule has 0 saturated carbocycles. The molecule has 29 heavy (non-hydrogen) atoms. The van der Waals surface area contributed by atoms with Gasteiger partial charge in [0.25, 0.3) is 0 Å². The summed E-state index contributed by atoms with van der Waals surface area (Å²) in [6.07, 6.45) is 1.07. The molecule has 1 aliphatic rings. The molecule has 1 unspecified atom stereocenters. The van der Waals surface area contributed by atoms with Crippen LogP contribution in [0.3, 0.4) is 0 Å². The SMILES string of the molecule is COc1ccc(C)cc1N(C(C)C(=O)NCc1ccc2c(c1)OCO2)S(C)(=O)=O. The van der Waals surface area contributed by atoms with Crippen LogP contribution in [0.5, 0.6) is 17.2 Å². The largest absolute Gasteiger partial charge is 0.495 e. The topological polar surface area (TPSA) is 94.2 Å². The number of anilines is 1. The summed E-state index contributed by atoms with van der Waals surface area (Å²) in [5, 5.41) is 2.78. The number of sulfonamides is 1. The lowest BCUT2D eigenvalue weighted by Crippen LogP contribution is -2.47. The van der Waals surface area contributed by atoms with Gasteiger partial charge in [-0.15, -0.1) is 0 Å². The van der Waals surface area contributed by atoms with Gasteiger partial charge in [-0.05, 0) is 49.2 Å². The maximum atomic E-state index is 12.8. The number of benzene rings is 2. The van der Waals surface area contributed by atoms with E-state index in [2.05, 4.69) is 5.32 Å². The predicted octanol–water partition coefficient (Wildman–Crippen LogP) is 2.20. The molecule has 2 aromatic carbocycles. The van der Waals surface area contributed by atoms with E-state index in [0.717, 1.165) is 21.7 Å². The Kier molecular flexibility index (Phi) is 5.88. The molecule has 3 rings (SSSR count). The summed E-state index contributed by atoms with van der Waals surface area (Å²) in [4.78, 5) is 12.8. The second-order valence-electron chi connectivity index (χ2n) is 6.82. The van der Waals surface area contributed by atoms with Crippen LogP contribution < -0.4 is 23.8 Å². The van der Waals surface area contributed by atoms with Crippen LogP contribution in [0, 0.1) is 6.92 Å². The van der Waals surface area contributed by atoms with Gasteiger partial charge in [-0.2, -0.15) is 0 Å². The molecule has 1 aliphatic heterocycles. The molecule has 8 nitrogen and oxygen atoms in total. The summed E-state index contributed by atoms with van der Waals surface area (Å²) in [7, 11) is -2.29. The number of ether oxygens (including phenoxy) is 3. The molecule has 1 amide bonds. The molecule has 1 heterocycles. The van der Waals surface area contributed by atoms with Crippen molar-refractivity contribution in [3.05, 3.63) is 47.5 Å². The molecule has 0 aromatic heterocycles. The van der Waals surface area contributed by atoms with Gasteiger partial charge >= 0.3 is 0 Å². The Labute approximate surface area is 170 Å². The van der Waals surface area contributed by atoms with Gasteiger partial charge in [0.2, 0.25) is 22.7 Å². The van der Waals surface area contributed by atoms with Crippen LogP contribution in [-0.4, -0.2) is 40.5 Å². The summed E-state index contributed by atoms with van der Waals surface area (Å²) >= 11 is 0. The lowest BCUT2D eigenvalue weighted by Gasteiger charge is -2.29. The van der Waals surface area contributed by atoms with E-state index in [-0.39, 0.29) is 13.3 Å². The van der Waals surface area contributed by atoms with Gasteiger partial charge in [0.05, 0.1) is 19.1 Å². The van der Waals surface area contributed by atoms with E-state index >= 15 is 0 Å². The van der Waals surface area contributed by atoms with Gasteiger partial charge in [-0.3, -0.25) is 9.10 Å². The fraction of sp³-hybridized carbons (Fsp3) is 0.350. The number of fused-ring (bicyclic) bond motifs is 1. The highest BCUT2D eigenvalue weighted by Gasteiger charge is 2.31. The maximum absolute atomic E-state index is 12.8. The van der Waals surface area contributed by atoms with Crippen molar-refractivity contribution < 1.29 is 27.4 Å². The Morgan fingerprint density at radius 3 is 2.62 bits per heavy atom. The number of hydrogen-bond donors (Lipinski definition) is 1. The number of hydrogen-bond acceptors (Lipinski definition) is 6. The first-order valence-corrected chi connectivity index (χ1v) is 10.9. The van der Waals surface area contributed by atoms with Crippen molar-refractivity contribution >= 4 is 21.6 Å². The van der Waals surface area contributed by atoms with Crippen molar-refractivity contribution in [1.82, 2.24) is 5.32 Å². The average Bonchev–Trinajstić information content (AvgIpc) is 3.13. The molecule has 156 valence electrons. The molecule has 0 spiro atoms. The molecule has 9 heteroatoms. The normalized spacial score (nSPS) is 13.7. The molecule has 0 bridgehead atoms. The van der Waals surface area contributed by atoms with Gasteiger partial charge in [-0.1, -0.05) is 12.1 Å². The molecule has 0 fully saturated rings. The predicted molar refractivity (Wildman–Crippen MR) is 109 cm³/mol. The van der Waals surface area contributed by atoms with Crippen LogP contribution in [-0.2, 0) is 21.4 Å². The first-order chi connectivity index (χ1) is 13.7. The Bertz CT molecular complexity index is 1020. The van der Waals surface area contributed by atoms with E-state index in [1.165, 1.54) is 14.0 Å². The number of carbonyl (C=O) groups excluding carboxylic acids is 1. The van der Waals surface area contributed by atoms with E-state index < -0.39 is 22.0 Å². The molecule has 0 radical (unpaired) electrons. The van der Waals surface area contributed by atoms with E-state index in [4.69, 9.17) is 14.2 Å². The number of methoxy groups -OCH3 is 1. The maximum Gasteiger partial charge on any atom is 0.243 e. The Morgan fingerprint density at radius 1 is 1.21 bits per heavy atom. The Hall–Kier alpha value is -2.94. The van der Waals surface area contributed by atoms with Crippen molar-refractivity contribution in [3.63, 3.8) is 0 Å². The number of amides is 1. The number of rotatable bonds is 7. The van der Waals surface area contributed by atoms with Crippen LogP contribution in [0.2, 0.25) is 0 Å². The summed E-state index contributed by atoms with van der Waals surface area (Å²) in [5.74, 6) is 1.21. The Balaban J connectivity index is 1.80. The minimum atomic E-state index is -3.75. The van der Waals surface area contributed by atoms with Crippen LogP contribution in [0.25, 0.3) is 0 Å². The molecule has 2 aromatic rings. The summed E-state index contributed by atoms with van der Waals surface area (Å²) in [6.45, 7) is 3.78. The number of nitrogens with zero attached hydrogens (tertiary/aromatic N) is 1. The van der Waals surface area contributed by atoms with Crippen molar-refractivity contribution in [1.29, 1.82) is 0 Å². The molecular weight excluding hydrogens is 396 g/mol. The van der Waals surface area contributed by atoms with Gasteiger partial charge in [0.1, 0.15) is 11.8 Å². The highest BCUT2D eigenvalue weighted by atomic mass is 32.2. The molecular formula is C20H24N2O6S. The lowest BCUT2D eigenvalue weighted by atomic mass is 10.1. The molecule has 1 atom stereocenters. The smallest absolute Gasteiger partial charge is 0.243 e. The summed E-state index contributed by atoms with van der Waals surface area (Å²) in [5.41, 5.74) is 1.98. The minimum Gasteiger partial charge on any atom is -0.495 e. The number of aryl methyl sites for hydroxylation is 1. The van der Waals surface area contributed by atoms with E-state index in [1.54, 1.807) is 24.3 Å². The van der Waals surface area contributed by atoms with Crippen LogP contribution >= 0.6 is 0 Å². The summed E-state index contributed by atoms with van der Waals surface area (Å²) < 4.78 is 42.0. The Morgan fingerprint density at radius 2 is 1.93 bits per heavy atom. The third kappa shape index (κ3) is 4.56. The van der Waals surface area contributed by atoms with Crippen LogP contribution in [0.4, 0.5) is 5.69 Å². The van der Waals surface area contributed by atoms with Gasteiger partial charge < -0.3 is 19.5 Å². The van der Waals surface area contributed by atoms with Crippen molar-refractivity contribution in [2.24, 2.45) is 0 Å². The summed E-state index contributed by atoms with van der Waals surface area (Å²) in [6, 6.07) is 9.57. The molecule has 1 N–H and O–H groups in total. The first kappa shape index (κ1) is 20.8. The number of nitrogens with one attached hydrogen (secondary N) is 1. The quantitative estimate of drug-likeness (QED) is 0.738.